The van der Waals surface area contributed by atoms with Gasteiger partial charge in [0.2, 0.25) is 0 Å². The number of fused-ring (bicyclic) bond motifs is 1. The summed E-state index contributed by atoms with van der Waals surface area (Å²) in [6.45, 7) is 0. The van der Waals surface area contributed by atoms with E-state index in [9.17, 15) is 9.18 Å². The monoisotopic (exact) mass is 180 g/mol. The summed E-state index contributed by atoms with van der Waals surface area (Å²) in [5.41, 5.74) is 0.845. The summed E-state index contributed by atoms with van der Waals surface area (Å²) in [4.78, 5) is 10.4. The fraction of sp³-hybridized carbons (Fsp3) is 0.300. The van der Waals surface area contributed by atoms with Crippen molar-refractivity contribution in [1.82, 2.24) is 0 Å². The maximum atomic E-state index is 12.7. The average Bonchev–Trinajstić information content (AvgIpc) is 2.17. The molecule has 0 saturated carbocycles. The van der Waals surface area contributed by atoms with Crippen molar-refractivity contribution in [3.8, 4) is 5.75 Å². The van der Waals surface area contributed by atoms with Gasteiger partial charge in [-0.15, -0.1) is 0 Å². The first-order chi connectivity index (χ1) is 6.29. The molecule has 0 radical (unpaired) electrons. The second kappa shape index (κ2) is 3.17. The van der Waals surface area contributed by atoms with Gasteiger partial charge in [-0.2, -0.15) is 0 Å². The molecular formula is C10H9FO2. The van der Waals surface area contributed by atoms with E-state index in [2.05, 4.69) is 0 Å². The molecule has 3 heteroatoms. The molecule has 2 nitrogen and oxygen atoms in total. The van der Waals surface area contributed by atoms with E-state index in [0.717, 1.165) is 11.8 Å². The normalized spacial score (nSPS) is 20.2. The van der Waals surface area contributed by atoms with Gasteiger partial charge in [-0.1, -0.05) is 0 Å². The van der Waals surface area contributed by atoms with Gasteiger partial charge in [-0.25, -0.2) is 4.39 Å². The van der Waals surface area contributed by atoms with Crippen LogP contribution in [-0.2, 0) is 11.2 Å². The van der Waals surface area contributed by atoms with E-state index in [1.807, 2.05) is 0 Å². The van der Waals surface area contributed by atoms with Crippen LogP contribution in [0.5, 0.6) is 5.75 Å². The van der Waals surface area contributed by atoms with Crippen LogP contribution >= 0.6 is 0 Å². The zero-order valence-electron chi connectivity index (χ0n) is 7.00. The second-order valence-electron chi connectivity index (χ2n) is 3.08. The van der Waals surface area contributed by atoms with Gasteiger partial charge >= 0.3 is 0 Å². The molecule has 68 valence electrons. The van der Waals surface area contributed by atoms with Crippen LogP contribution in [0.2, 0.25) is 0 Å². The van der Waals surface area contributed by atoms with Crippen molar-refractivity contribution in [2.24, 2.45) is 0 Å². The molecule has 13 heavy (non-hydrogen) atoms. The number of benzene rings is 1. The minimum absolute atomic E-state index is 0.257. The number of rotatable bonds is 1. The minimum Gasteiger partial charge on any atom is -0.483 e. The molecule has 1 aliphatic rings. The molecule has 0 unspecified atom stereocenters. The van der Waals surface area contributed by atoms with E-state index >= 15 is 0 Å². The van der Waals surface area contributed by atoms with Gasteiger partial charge in [-0.05, 0) is 36.6 Å². The summed E-state index contributed by atoms with van der Waals surface area (Å²) >= 11 is 0. The lowest BCUT2D eigenvalue weighted by molar-refractivity contribution is -0.114. The summed E-state index contributed by atoms with van der Waals surface area (Å²) in [5, 5.41) is 0. The molecule has 1 atom stereocenters. The van der Waals surface area contributed by atoms with Crippen LogP contribution in [0, 0.1) is 5.82 Å². The molecule has 1 aromatic rings. The van der Waals surface area contributed by atoms with Gasteiger partial charge in [0.05, 0.1) is 0 Å². The lowest BCUT2D eigenvalue weighted by atomic mass is 10.0. The molecule has 0 amide bonds. The maximum absolute atomic E-state index is 12.7. The minimum atomic E-state index is -0.363. The predicted octanol–water partition coefficient (Wildman–Crippen LogP) is 1.72. The standard InChI is InChI=1S/C10H9FO2/c11-8-2-4-10-7(5-8)1-3-9(6-12)13-10/h2,4-6,9H,1,3H2/t9-/m0/s1. The van der Waals surface area contributed by atoms with E-state index < -0.39 is 0 Å². The zero-order chi connectivity index (χ0) is 9.26. The molecule has 0 spiro atoms. The van der Waals surface area contributed by atoms with Crippen molar-refractivity contribution in [2.75, 3.05) is 0 Å². The highest BCUT2D eigenvalue weighted by Crippen LogP contribution is 2.27. The van der Waals surface area contributed by atoms with Crippen LogP contribution < -0.4 is 4.74 Å². The van der Waals surface area contributed by atoms with Crippen LogP contribution in [0.1, 0.15) is 12.0 Å². The largest absolute Gasteiger partial charge is 0.483 e. The summed E-state index contributed by atoms with van der Waals surface area (Å²) in [6.07, 6.45) is 1.76. The number of carbonyl (C=O) groups is 1. The molecule has 0 N–H and O–H groups in total. The fourth-order valence-electron chi connectivity index (χ4n) is 1.47. The van der Waals surface area contributed by atoms with Crippen molar-refractivity contribution in [3.05, 3.63) is 29.6 Å². The van der Waals surface area contributed by atoms with Crippen molar-refractivity contribution in [2.45, 2.75) is 18.9 Å². The Labute approximate surface area is 75.3 Å². The highest BCUT2D eigenvalue weighted by molar-refractivity contribution is 5.58. The molecule has 1 aliphatic heterocycles. The lowest BCUT2D eigenvalue weighted by Gasteiger charge is -2.21. The molecule has 0 fully saturated rings. The number of hydrogen-bond donors (Lipinski definition) is 0. The Morgan fingerprint density at radius 3 is 3.15 bits per heavy atom. The lowest BCUT2D eigenvalue weighted by Crippen LogP contribution is -2.23. The average molecular weight is 180 g/mol. The second-order valence-corrected chi connectivity index (χ2v) is 3.08. The molecule has 2 rings (SSSR count). The smallest absolute Gasteiger partial charge is 0.160 e. The van der Waals surface area contributed by atoms with E-state index in [4.69, 9.17) is 4.74 Å². The van der Waals surface area contributed by atoms with Gasteiger partial charge < -0.3 is 4.74 Å². The van der Waals surface area contributed by atoms with E-state index in [1.165, 1.54) is 12.1 Å². The summed E-state index contributed by atoms with van der Waals surface area (Å²) in [6, 6.07) is 4.36. The molecular weight excluding hydrogens is 171 g/mol. The van der Waals surface area contributed by atoms with Crippen LogP contribution in [-0.4, -0.2) is 12.4 Å². The summed E-state index contributed by atoms with van der Waals surface area (Å²) in [7, 11) is 0. The highest BCUT2D eigenvalue weighted by Gasteiger charge is 2.18. The van der Waals surface area contributed by atoms with Gasteiger partial charge in [0.1, 0.15) is 11.6 Å². The Bertz CT molecular complexity index is 336. The number of aldehydes is 1. The van der Waals surface area contributed by atoms with E-state index in [0.29, 0.717) is 18.6 Å². The number of halogens is 1. The third-order valence-corrected chi connectivity index (χ3v) is 2.15. The quantitative estimate of drug-likeness (QED) is 0.615. The topological polar surface area (TPSA) is 26.3 Å². The van der Waals surface area contributed by atoms with Crippen LogP contribution in [0.4, 0.5) is 4.39 Å². The van der Waals surface area contributed by atoms with Gasteiger partial charge in [0.25, 0.3) is 0 Å². The van der Waals surface area contributed by atoms with Crippen molar-refractivity contribution >= 4 is 6.29 Å². The molecule has 0 saturated heterocycles. The zero-order valence-corrected chi connectivity index (χ0v) is 7.00. The van der Waals surface area contributed by atoms with Crippen LogP contribution in [0.25, 0.3) is 0 Å². The molecule has 0 bridgehead atoms. The Morgan fingerprint density at radius 1 is 1.54 bits per heavy atom. The predicted molar refractivity (Wildman–Crippen MR) is 45.2 cm³/mol. The molecule has 1 heterocycles. The van der Waals surface area contributed by atoms with Gasteiger partial charge in [0.15, 0.2) is 12.4 Å². The van der Waals surface area contributed by atoms with Crippen molar-refractivity contribution in [1.29, 1.82) is 0 Å². The Kier molecular flexibility index (Phi) is 2.00. The van der Waals surface area contributed by atoms with Crippen LogP contribution in [0.3, 0.4) is 0 Å². The SMILES string of the molecule is O=C[C@@H]1CCc2cc(F)ccc2O1. The van der Waals surface area contributed by atoms with Gasteiger partial charge in [-0.3, -0.25) is 4.79 Å². The van der Waals surface area contributed by atoms with E-state index in [-0.39, 0.29) is 11.9 Å². The van der Waals surface area contributed by atoms with E-state index in [1.54, 1.807) is 6.07 Å². The molecule has 0 aliphatic carbocycles. The number of hydrogen-bond acceptors (Lipinski definition) is 2. The number of carbonyl (C=O) groups excluding carboxylic acids is 1. The maximum Gasteiger partial charge on any atom is 0.160 e. The Morgan fingerprint density at radius 2 is 2.38 bits per heavy atom. The third kappa shape index (κ3) is 1.54. The van der Waals surface area contributed by atoms with Crippen molar-refractivity contribution in [3.63, 3.8) is 0 Å². The Hall–Kier alpha value is -1.38. The first-order valence-corrected chi connectivity index (χ1v) is 4.20. The molecule has 0 aromatic heterocycles. The summed E-state index contributed by atoms with van der Waals surface area (Å²) < 4.78 is 18.0. The Balaban J connectivity index is 2.31. The third-order valence-electron chi connectivity index (χ3n) is 2.15. The number of ether oxygens (including phenoxy) is 1. The number of aryl methyl sites for hydroxylation is 1. The first-order valence-electron chi connectivity index (χ1n) is 4.20. The van der Waals surface area contributed by atoms with Crippen molar-refractivity contribution < 1.29 is 13.9 Å². The highest BCUT2D eigenvalue weighted by atomic mass is 19.1. The molecule has 1 aromatic carbocycles. The first kappa shape index (κ1) is 8.23. The summed E-state index contributed by atoms with van der Waals surface area (Å²) in [5.74, 6) is 0.372. The van der Waals surface area contributed by atoms with Crippen LogP contribution in [0.15, 0.2) is 18.2 Å². The van der Waals surface area contributed by atoms with Gasteiger partial charge in [0, 0.05) is 0 Å². The fourth-order valence-corrected chi connectivity index (χ4v) is 1.47.